The van der Waals surface area contributed by atoms with Crippen LogP contribution in [-0.4, -0.2) is 33.0 Å². The normalized spacial score (nSPS) is 12.0. The van der Waals surface area contributed by atoms with E-state index in [0.717, 1.165) is 22.7 Å². The molecular formula is C18H23N3O2. The number of aryl methyl sites for hydroxylation is 1. The molecule has 0 saturated heterocycles. The minimum Gasteiger partial charge on any atom is -0.286 e. The molecular weight excluding hydrogens is 290 g/mol. The SMILES string of the molecule is C=C/C=C(\C=C)c1cc(CCC(=O)N(C)O)nn1/C(C)=C/C=C. The first-order valence-corrected chi connectivity index (χ1v) is 7.24. The van der Waals surface area contributed by atoms with Gasteiger partial charge in [0.15, 0.2) is 0 Å². The van der Waals surface area contributed by atoms with Crippen molar-refractivity contribution in [1.82, 2.24) is 14.8 Å². The number of aromatic nitrogens is 2. The van der Waals surface area contributed by atoms with Crippen molar-refractivity contribution in [2.24, 2.45) is 0 Å². The van der Waals surface area contributed by atoms with Gasteiger partial charge in [-0.15, -0.1) is 0 Å². The largest absolute Gasteiger partial charge is 0.286 e. The number of nitrogens with zero attached hydrogens (tertiary/aromatic N) is 3. The molecule has 0 fully saturated rings. The average molecular weight is 313 g/mol. The van der Waals surface area contributed by atoms with E-state index in [0.29, 0.717) is 11.5 Å². The maximum atomic E-state index is 11.5. The number of carbonyl (C=O) groups is 1. The highest BCUT2D eigenvalue weighted by Gasteiger charge is 2.13. The molecule has 0 saturated carbocycles. The van der Waals surface area contributed by atoms with Gasteiger partial charge in [0.1, 0.15) is 0 Å². The third-order valence-corrected chi connectivity index (χ3v) is 3.22. The van der Waals surface area contributed by atoms with Gasteiger partial charge in [-0.1, -0.05) is 44.0 Å². The minimum absolute atomic E-state index is 0.183. The van der Waals surface area contributed by atoms with Crippen LogP contribution in [0.2, 0.25) is 0 Å². The molecule has 1 aromatic rings. The molecule has 122 valence electrons. The van der Waals surface area contributed by atoms with Gasteiger partial charge in [0.25, 0.3) is 0 Å². The van der Waals surface area contributed by atoms with Crippen molar-refractivity contribution < 1.29 is 10.0 Å². The Bertz CT molecular complexity index is 664. The fourth-order valence-electron chi connectivity index (χ4n) is 2.05. The number of hydrogen-bond acceptors (Lipinski definition) is 3. The summed E-state index contributed by atoms with van der Waals surface area (Å²) in [5.74, 6) is -0.356. The first kappa shape index (κ1) is 18.4. The second-order valence-corrected chi connectivity index (χ2v) is 4.96. The fraction of sp³-hybridized carbons (Fsp3) is 0.222. The molecule has 5 nitrogen and oxygen atoms in total. The quantitative estimate of drug-likeness (QED) is 0.454. The van der Waals surface area contributed by atoms with Crippen molar-refractivity contribution >= 4 is 17.2 Å². The predicted octanol–water partition coefficient (Wildman–Crippen LogP) is 3.47. The van der Waals surface area contributed by atoms with Crippen molar-refractivity contribution in [3.05, 3.63) is 67.6 Å². The summed E-state index contributed by atoms with van der Waals surface area (Å²) in [5.41, 5.74) is 3.38. The zero-order valence-electron chi connectivity index (χ0n) is 13.7. The van der Waals surface area contributed by atoms with Crippen LogP contribution in [0.5, 0.6) is 0 Å². The summed E-state index contributed by atoms with van der Waals surface area (Å²) < 4.78 is 1.78. The summed E-state index contributed by atoms with van der Waals surface area (Å²) in [5, 5.41) is 14.2. The molecule has 1 N–H and O–H groups in total. The number of hydroxylamine groups is 2. The van der Waals surface area contributed by atoms with E-state index in [9.17, 15) is 4.79 Å². The second kappa shape index (κ2) is 8.70. The van der Waals surface area contributed by atoms with Crippen LogP contribution in [0.25, 0.3) is 11.3 Å². The monoisotopic (exact) mass is 313 g/mol. The van der Waals surface area contributed by atoms with Gasteiger partial charge in [0.2, 0.25) is 5.91 Å². The molecule has 0 unspecified atom stereocenters. The number of amides is 1. The van der Waals surface area contributed by atoms with Crippen molar-refractivity contribution in [1.29, 1.82) is 0 Å². The van der Waals surface area contributed by atoms with Crippen LogP contribution in [0.4, 0.5) is 0 Å². The molecule has 23 heavy (non-hydrogen) atoms. The Balaban J connectivity index is 3.21. The van der Waals surface area contributed by atoms with Gasteiger partial charge in [-0.25, -0.2) is 9.75 Å². The second-order valence-electron chi connectivity index (χ2n) is 4.96. The molecule has 0 radical (unpaired) electrons. The molecule has 0 atom stereocenters. The summed E-state index contributed by atoms with van der Waals surface area (Å²) >= 11 is 0. The van der Waals surface area contributed by atoms with Crippen LogP contribution in [0.3, 0.4) is 0 Å². The molecule has 5 heteroatoms. The van der Waals surface area contributed by atoms with Crippen molar-refractivity contribution in [3.63, 3.8) is 0 Å². The standard InChI is InChI=1S/C18H23N3O2/c1-6-9-14(4)21-17(15(8-3)10-7-2)13-16(19-21)11-12-18(22)20(5)23/h6-10,13,23H,1-3,11-12H2,4-5H3/b14-9+,15-10+. The molecule has 0 aromatic carbocycles. The third-order valence-electron chi connectivity index (χ3n) is 3.22. The van der Waals surface area contributed by atoms with E-state index in [-0.39, 0.29) is 12.3 Å². The van der Waals surface area contributed by atoms with Crippen LogP contribution in [0, 0.1) is 0 Å². The van der Waals surface area contributed by atoms with Crippen LogP contribution in [0.15, 0.2) is 56.2 Å². The fourth-order valence-corrected chi connectivity index (χ4v) is 2.05. The highest BCUT2D eigenvalue weighted by atomic mass is 16.5. The van der Waals surface area contributed by atoms with Gasteiger partial charge >= 0.3 is 0 Å². The zero-order chi connectivity index (χ0) is 17.4. The molecule has 0 aliphatic carbocycles. The van der Waals surface area contributed by atoms with E-state index in [1.807, 2.05) is 25.1 Å². The first-order valence-electron chi connectivity index (χ1n) is 7.24. The lowest BCUT2D eigenvalue weighted by Crippen LogP contribution is -2.22. The topological polar surface area (TPSA) is 58.4 Å². The first-order chi connectivity index (χ1) is 10.9. The number of rotatable bonds is 8. The molecule has 1 heterocycles. The van der Waals surface area contributed by atoms with Crippen molar-refractivity contribution in [2.75, 3.05) is 7.05 Å². The van der Waals surface area contributed by atoms with Crippen LogP contribution in [0.1, 0.15) is 24.7 Å². The Labute approximate surface area is 137 Å². The maximum Gasteiger partial charge on any atom is 0.246 e. The summed E-state index contributed by atoms with van der Waals surface area (Å²) in [6, 6.07) is 1.90. The molecule has 1 amide bonds. The van der Waals surface area contributed by atoms with Crippen molar-refractivity contribution in [2.45, 2.75) is 19.8 Å². The number of allylic oxidation sites excluding steroid dienone is 7. The maximum absolute atomic E-state index is 11.5. The van der Waals surface area contributed by atoms with Gasteiger partial charge in [-0.2, -0.15) is 5.10 Å². The van der Waals surface area contributed by atoms with E-state index >= 15 is 0 Å². The predicted molar refractivity (Wildman–Crippen MR) is 93.6 cm³/mol. The summed E-state index contributed by atoms with van der Waals surface area (Å²) in [7, 11) is 1.31. The van der Waals surface area contributed by atoms with Crippen LogP contribution < -0.4 is 0 Å². The van der Waals surface area contributed by atoms with Gasteiger partial charge in [-0.3, -0.25) is 10.0 Å². The summed E-state index contributed by atoms with van der Waals surface area (Å²) in [6.07, 6.45) is 9.42. The van der Waals surface area contributed by atoms with Gasteiger partial charge in [0, 0.05) is 25.6 Å². The van der Waals surface area contributed by atoms with E-state index in [1.54, 1.807) is 22.9 Å². The highest BCUT2D eigenvalue weighted by Crippen LogP contribution is 2.21. The summed E-state index contributed by atoms with van der Waals surface area (Å²) in [6.45, 7) is 13.1. The Hall–Kier alpha value is -2.66. The third kappa shape index (κ3) is 4.93. The zero-order valence-corrected chi connectivity index (χ0v) is 13.7. The van der Waals surface area contributed by atoms with Gasteiger partial charge in [0.05, 0.1) is 11.4 Å². The molecule has 1 rings (SSSR count). The van der Waals surface area contributed by atoms with Crippen LogP contribution in [-0.2, 0) is 11.2 Å². The van der Waals surface area contributed by atoms with Gasteiger partial charge in [-0.05, 0) is 24.6 Å². The molecule has 0 bridgehead atoms. The molecule has 0 aliphatic heterocycles. The van der Waals surface area contributed by atoms with E-state index in [4.69, 9.17) is 5.21 Å². The molecule has 0 aliphatic rings. The van der Waals surface area contributed by atoms with Crippen molar-refractivity contribution in [3.8, 4) is 0 Å². The van der Waals surface area contributed by atoms with E-state index in [1.165, 1.54) is 7.05 Å². The van der Waals surface area contributed by atoms with Crippen LogP contribution >= 0.6 is 0 Å². The lowest BCUT2D eigenvalue weighted by molar-refractivity contribution is -0.159. The minimum atomic E-state index is -0.356. The Morgan fingerprint density at radius 3 is 2.52 bits per heavy atom. The Morgan fingerprint density at radius 2 is 2.00 bits per heavy atom. The van der Waals surface area contributed by atoms with E-state index in [2.05, 4.69) is 24.8 Å². The Morgan fingerprint density at radius 1 is 1.35 bits per heavy atom. The smallest absolute Gasteiger partial charge is 0.246 e. The average Bonchev–Trinajstić information content (AvgIpc) is 2.94. The van der Waals surface area contributed by atoms with Gasteiger partial charge < -0.3 is 0 Å². The molecule has 1 aromatic heterocycles. The number of hydrogen-bond donors (Lipinski definition) is 1. The lowest BCUT2D eigenvalue weighted by atomic mass is 10.1. The Kier molecular flexibility index (Phi) is 6.96. The highest BCUT2D eigenvalue weighted by molar-refractivity contribution is 5.76. The molecule has 0 spiro atoms. The number of carbonyl (C=O) groups excluding carboxylic acids is 1. The van der Waals surface area contributed by atoms with E-state index < -0.39 is 0 Å². The summed E-state index contributed by atoms with van der Waals surface area (Å²) in [4.78, 5) is 11.5. The lowest BCUT2D eigenvalue weighted by Gasteiger charge is -2.07.